The molecule has 0 saturated carbocycles. The predicted octanol–water partition coefficient (Wildman–Crippen LogP) is 1.04. The number of carbonyl (C=O) groups is 2. The highest BCUT2D eigenvalue weighted by molar-refractivity contribution is 7.90. The number of thiophene rings is 1. The van der Waals surface area contributed by atoms with E-state index in [2.05, 4.69) is 15.4 Å². The zero-order valence-electron chi connectivity index (χ0n) is 12.7. The van der Waals surface area contributed by atoms with Crippen LogP contribution in [0.4, 0.5) is 11.4 Å². The fraction of sp³-hybridized carbons (Fsp3) is 0.143. The molecule has 0 aliphatic carbocycles. The summed E-state index contributed by atoms with van der Waals surface area (Å²) >= 11 is 1.34. The van der Waals surface area contributed by atoms with Crippen molar-refractivity contribution in [2.45, 2.75) is 6.92 Å². The van der Waals surface area contributed by atoms with E-state index in [1.54, 1.807) is 18.2 Å². The third-order valence-corrected chi connectivity index (χ3v) is 4.30. The van der Waals surface area contributed by atoms with Gasteiger partial charge in [0.2, 0.25) is 5.91 Å². The van der Waals surface area contributed by atoms with Crippen molar-refractivity contribution in [3.8, 4) is 0 Å². The van der Waals surface area contributed by atoms with Crippen molar-refractivity contribution in [2.75, 3.05) is 16.6 Å². The molecule has 24 heavy (non-hydrogen) atoms. The first-order chi connectivity index (χ1) is 11.2. The van der Waals surface area contributed by atoms with Gasteiger partial charge in [-0.15, -0.1) is 11.3 Å². The van der Waals surface area contributed by atoms with Crippen LogP contribution in [0.25, 0.3) is 0 Å². The molecule has 0 saturated heterocycles. The second kappa shape index (κ2) is 7.43. The van der Waals surface area contributed by atoms with Crippen molar-refractivity contribution in [2.24, 2.45) is 5.14 Å². The van der Waals surface area contributed by atoms with Gasteiger partial charge in [-0.3, -0.25) is 14.3 Å². The van der Waals surface area contributed by atoms with E-state index in [0.717, 1.165) is 4.88 Å². The highest BCUT2D eigenvalue weighted by atomic mass is 32.2. The molecule has 128 valence electrons. The molecule has 0 bridgehead atoms. The molecule has 0 radical (unpaired) electrons. The third-order valence-electron chi connectivity index (χ3n) is 2.78. The number of nitrogens with one attached hydrogen (secondary N) is 3. The molecule has 0 unspecified atom stereocenters. The van der Waals surface area contributed by atoms with Crippen molar-refractivity contribution in [3.05, 3.63) is 46.2 Å². The number of amides is 2. The highest BCUT2D eigenvalue weighted by Crippen LogP contribution is 2.16. The maximum Gasteiger partial charge on any atom is 0.296 e. The van der Waals surface area contributed by atoms with E-state index < -0.39 is 16.1 Å². The first-order valence-electron chi connectivity index (χ1n) is 6.78. The Morgan fingerprint density at radius 3 is 2.50 bits per heavy atom. The Morgan fingerprint density at radius 2 is 1.88 bits per heavy atom. The first kappa shape index (κ1) is 17.9. The van der Waals surface area contributed by atoms with Crippen LogP contribution in [0.3, 0.4) is 0 Å². The largest absolute Gasteiger partial charge is 0.342 e. The van der Waals surface area contributed by atoms with E-state index in [1.165, 1.54) is 23.5 Å². The Morgan fingerprint density at radius 1 is 1.17 bits per heavy atom. The Kier molecular flexibility index (Phi) is 5.54. The molecule has 0 spiro atoms. The lowest BCUT2D eigenvalue weighted by molar-refractivity contribution is -0.115. The monoisotopic (exact) mass is 368 g/mol. The van der Waals surface area contributed by atoms with E-state index in [0.29, 0.717) is 10.6 Å². The lowest BCUT2D eigenvalue weighted by Gasteiger charge is -2.08. The smallest absolute Gasteiger partial charge is 0.296 e. The van der Waals surface area contributed by atoms with Crippen LogP contribution >= 0.6 is 11.3 Å². The topological polar surface area (TPSA) is 130 Å². The van der Waals surface area contributed by atoms with Crippen LogP contribution in [-0.2, 0) is 15.0 Å². The molecule has 1 heterocycles. The summed E-state index contributed by atoms with van der Waals surface area (Å²) in [5.74, 6) is -0.766. The van der Waals surface area contributed by atoms with Crippen molar-refractivity contribution >= 4 is 44.7 Å². The van der Waals surface area contributed by atoms with Gasteiger partial charge >= 0.3 is 0 Å². The second-order valence-electron chi connectivity index (χ2n) is 4.87. The predicted molar refractivity (Wildman–Crippen MR) is 93.2 cm³/mol. The van der Waals surface area contributed by atoms with Crippen LogP contribution in [0, 0.1) is 6.92 Å². The normalized spacial score (nSPS) is 10.9. The van der Waals surface area contributed by atoms with E-state index >= 15 is 0 Å². The molecule has 1 aromatic carbocycles. The molecule has 0 aliphatic heterocycles. The molecule has 5 N–H and O–H groups in total. The van der Waals surface area contributed by atoms with E-state index in [-0.39, 0.29) is 18.1 Å². The summed E-state index contributed by atoms with van der Waals surface area (Å²) in [6.45, 7) is 1.68. The number of rotatable bonds is 6. The number of nitrogens with two attached hydrogens (primary N) is 1. The fourth-order valence-corrected chi connectivity index (χ4v) is 3.07. The summed E-state index contributed by atoms with van der Waals surface area (Å²) in [6, 6.07) is 9.54. The van der Waals surface area contributed by atoms with Crippen LogP contribution < -0.4 is 20.5 Å². The zero-order chi connectivity index (χ0) is 17.7. The molecule has 2 amide bonds. The van der Waals surface area contributed by atoms with Crippen LogP contribution in [0.2, 0.25) is 0 Å². The maximum atomic E-state index is 11.9. The summed E-state index contributed by atoms with van der Waals surface area (Å²) in [7, 11) is -3.89. The summed E-state index contributed by atoms with van der Waals surface area (Å²) in [6.07, 6.45) is 0. The Labute approximate surface area is 143 Å². The summed E-state index contributed by atoms with van der Waals surface area (Å²) in [4.78, 5) is 25.2. The summed E-state index contributed by atoms with van der Waals surface area (Å²) in [5.41, 5.74) is 0.586. The quantitative estimate of drug-likeness (QED) is 0.607. The van der Waals surface area contributed by atoms with Crippen molar-refractivity contribution in [3.63, 3.8) is 0 Å². The number of benzene rings is 1. The van der Waals surface area contributed by atoms with Gasteiger partial charge in [-0.25, -0.2) is 5.14 Å². The van der Waals surface area contributed by atoms with Gasteiger partial charge in [0.15, 0.2) is 0 Å². The molecular formula is C14H16N4O4S2. The molecule has 0 atom stereocenters. The zero-order valence-corrected chi connectivity index (χ0v) is 14.3. The number of aryl methyl sites for hydroxylation is 1. The summed E-state index contributed by atoms with van der Waals surface area (Å²) < 4.78 is 24.1. The van der Waals surface area contributed by atoms with Crippen LogP contribution in [-0.4, -0.2) is 26.8 Å². The Balaban J connectivity index is 1.90. The molecule has 2 rings (SSSR count). The lowest BCUT2D eigenvalue weighted by Crippen LogP contribution is -2.32. The van der Waals surface area contributed by atoms with Gasteiger partial charge in [0.25, 0.3) is 16.1 Å². The van der Waals surface area contributed by atoms with Gasteiger partial charge in [0.05, 0.1) is 17.1 Å². The van der Waals surface area contributed by atoms with Gasteiger partial charge in [0.1, 0.15) is 0 Å². The van der Waals surface area contributed by atoms with Crippen LogP contribution in [0.5, 0.6) is 0 Å². The minimum Gasteiger partial charge on any atom is -0.342 e. The average molecular weight is 368 g/mol. The molecule has 0 aliphatic rings. The third kappa shape index (κ3) is 5.65. The molecular weight excluding hydrogens is 352 g/mol. The maximum absolute atomic E-state index is 11.9. The second-order valence-corrected chi connectivity index (χ2v) is 7.45. The van der Waals surface area contributed by atoms with Crippen molar-refractivity contribution in [1.29, 1.82) is 0 Å². The Hall–Kier alpha value is -2.43. The molecule has 1 aromatic heterocycles. The standard InChI is InChI=1S/C14H16N4O4S2/c1-9-5-6-12(23-9)14(20)16-8-13(19)17-10-3-2-4-11(7-10)18-24(15,21)22/h2-7,18H,8H2,1H3,(H,16,20)(H,17,19)(H2,15,21,22). The number of carbonyl (C=O) groups excluding carboxylic acids is 2. The number of hydrogen-bond acceptors (Lipinski definition) is 5. The summed E-state index contributed by atoms with van der Waals surface area (Å²) in [5, 5.41) is 9.95. The highest BCUT2D eigenvalue weighted by Gasteiger charge is 2.10. The van der Waals surface area contributed by atoms with Crippen molar-refractivity contribution < 1.29 is 18.0 Å². The van der Waals surface area contributed by atoms with Crippen LogP contribution in [0.1, 0.15) is 14.5 Å². The minimum atomic E-state index is -3.89. The van der Waals surface area contributed by atoms with Gasteiger partial charge < -0.3 is 10.6 Å². The van der Waals surface area contributed by atoms with Gasteiger partial charge in [0, 0.05) is 10.6 Å². The van der Waals surface area contributed by atoms with E-state index in [9.17, 15) is 18.0 Å². The molecule has 0 fully saturated rings. The average Bonchev–Trinajstić information content (AvgIpc) is 2.90. The fourth-order valence-electron chi connectivity index (χ4n) is 1.83. The van der Waals surface area contributed by atoms with Crippen molar-refractivity contribution in [1.82, 2.24) is 5.32 Å². The molecule has 10 heteroatoms. The molecule has 8 nitrogen and oxygen atoms in total. The van der Waals surface area contributed by atoms with E-state index in [4.69, 9.17) is 5.14 Å². The minimum absolute atomic E-state index is 0.206. The Bertz CT molecular complexity index is 861. The molecule has 2 aromatic rings. The van der Waals surface area contributed by atoms with Gasteiger partial charge in [-0.1, -0.05) is 6.07 Å². The lowest BCUT2D eigenvalue weighted by atomic mass is 10.3. The SMILES string of the molecule is Cc1ccc(C(=O)NCC(=O)Nc2cccc(NS(N)(=O)=O)c2)s1. The first-order valence-corrected chi connectivity index (χ1v) is 9.14. The van der Waals surface area contributed by atoms with E-state index in [1.807, 2.05) is 13.0 Å². The number of anilines is 2. The number of hydrogen-bond donors (Lipinski definition) is 4. The van der Waals surface area contributed by atoms with Crippen LogP contribution in [0.15, 0.2) is 36.4 Å². The van der Waals surface area contributed by atoms with Gasteiger partial charge in [-0.2, -0.15) is 8.42 Å². The van der Waals surface area contributed by atoms with Gasteiger partial charge in [-0.05, 0) is 37.3 Å².